The number of hydrogen-bond acceptors (Lipinski definition) is 4. The molecule has 0 aliphatic heterocycles. The first-order valence-corrected chi connectivity index (χ1v) is 6.87. The van der Waals surface area contributed by atoms with Crippen LogP contribution < -0.4 is 5.73 Å². The molecule has 0 amide bonds. The zero-order chi connectivity index (χ0) is 14.8. The lowest BCUT2D eigenvalue weighted by Crippen LogP contribution is -1.95. The van der Waals surface area contributed by atoms with E-state index in [1.54, 1.807) is 0 Å². The van der Waals surface area contributed by atoms with Crippen molar-refractivity contribution in [3.63, 3.8) is 0 Å². The maximum Gasteiger partial charge on any atom is 0.260 e. The zero-order valence-corrected chi connectivity index (χ0v) is 12.1. The molecular formula is C17H17N3O. The van der Waals surface area contributed by atoms with E-state index in [0.717, 1.165) is 22.3 Å². The van der Waals surface area contributed by atoms with Crippen LogP contribution in [-0.2, 0) is 6.42 Å². The summed E-state index contributed by atoms with van der Waals surface area (Å²) >= 11 is 0. The summed E-state index contributed by atoms with van der Waals surface area (Å²) in [5, 5.41) is 4.05. The van der Waals surface area contributed by atoms with Gasteiger partial charge in [0.15, 0.2) is 5.82 Å². The maximum atomic E-state index is 6.12. The molecule has 3 aromatic rings. The molecule has 0 bridgehead atoms. The molecule has 0 fully saturated rings. The van der Waals surface area contributed by atoms with Crippen LogP contribution in [0, 0.1) is 13.8 Å². The van der Waals surface area contributed by atoms with Crippen molar-refractivity contribution in [2.45, 2.75) is 20.3 Å². The van der Waals surface area contributed by atoms with Crippen molar-refractivity contribution in [1.82, 2.24) is 10.1 Å². The van der Waals surface area contributed by atoms with Crippen LogP contribution >= 0.6 is 0 Å². The Morgan fingerprint density at radius 3 is 2.62 bits per heavy atom. The fraction of sp³-hybridized carbons (Fsp3) is 0.176. The fourth-order valence-corrected chi connectivity index (χ4v) is 2.37. The number of anilines is 1. The van der Waals surface area contributed by atoms with E-state index in [1.165, 1.54) is 0 Å². The standard InChI is InChI=1S/C17H17N3O/c1-11-8-12(2)16(18)14(9-11)17-19-15(20-21-17)10-13-6-4-3-5-7-13/h3-9H,10,18H2,1-2H3. The van der Waals surface area contributed by atoms with Gasteiger partial charge in [-0.1, -0.05) is 41.6 Å². The molecule has 0 saturated heterocycles. The van der Waals surface area contributed by atoms with Gasteiger partial charge in [-0.2, -0.15) is 4.98 Å². The molecular weight excluding hydrogens is 262 g/mol. The molecule has 106 valence electrons. The van der Waals surface area contributed by atoms with Crippen molar-refractivity contribution in [3.8, 4) is 11.5 Å². The third-order valence-corrected chi connectivity index (χ3v) is 3.43. The van der Waals surface area contributed by atoms with Gasteiger partial charge in [0, 0.05) is 12.1 Å². The van der Waals surface area contributed by atoms with Gasteiger partial charge in [-0.05, 0) is 36.6 Å². The second-order valence-corrected chi connectivity index (χ2v) is 5.22. The van der Waals surface area contributed by atoms with Crippen molar-refractivity contribution in [1.29, 1.82) is 0 Å². The van der Waals surface area contributed by atoms with Crippen molar-refractivity contribution in [3.05, 3.63) is 65.0 Å². The normalized spacial score (nSPS) is 10.8. The summed E-state index contributed by atoms with van der Waals surface area (Å²) in [6.07, 6.45) is 0.648. The molecule has 0 aliphatic rings. The van der Waals surface area contributed by atoms with Crippen LogP contribution in [0.5, 0.6) is 0 Å². The fourth-order valence-electron chi connectivity index (χ4n) is 2.37. The third-order valence-electron chi connectivity index (χ3n) is 3.43. The molecule has 0 saturated carbocycles. The summed E-state index contributed by atoms with van der Waals surface area (Å²) < 4.78 is 5.37. The van der Waals surface area contributed by atoms with E-state index in [0.29, 0.717) is 23.8 Å². The van der Waals surface area contributed by atoms with Crippen LogP contribution in [0.25, 0.3) is 11.5 Å². The number of nitrogens with two attached hydrogens (primary N) is 1. The molecule has 21 heavy (non-hydrogen) atoms. The van der Waals surface area contributed by atoms with Crippen molar-refractivity contribution < 1.29 is 4.52 Å². The van der Waals surface area contributed by atoms with Gasteiger partial charge < -0.3 is 10.3 Å². The van der Waals surface area contributed by atoms with Gasteiger partial charge in [0.1, 0.15) is 0 Å². The molecule has 0 unspecified atom stereocenters. The van der Waals surface area contributed by atoms with Gasteiger partial charge >= 0.3 is 0 Å². The largest absolute Gasteiger partial charge is 0.398 e. The summed E-state index contributed by atoms with van der Waals surface area (Å²) in [5.41, 5.74) is 10.9. The van der Waals surface area contributed by atoms with Gasteiger partial charge in [-0.3, -0.25) is 0 Å². The first-order valence-electron chi connectivity index (χ1n) is 6.87. The Morgan fingerprint density at radius 1 is 1.10 bits per heavy atom. The average Bonchev–Trinajstić information content (AvgIpc) is 2.92. The molecule has 2 aromatic carbocycles. The van der Waals surface area contributed by atoms with E-state index in [-0.39, 0.29) is 0 Å². The van der Waals surface area contributed by atoms with Crippen LogP contribution in [0.3, 0.4) is 0 Å². The summed E-state index contributed by atoms with van der Waals surface area (Å²) in [5.74, 6) is 1.14. The summed E-state index contributed by atoms with van der Waals surface area (Å²) in [4.78, 5) is 4.46. The van der Waals surface area contributed by atoms with Crippen molar-refractivity contribution in [2.24, 2.45) is 0 Å². The Labute approximate surface area is 123 Å². The van der Waals surface area contributed by atoms with E-state index in [2.05, 4.69) is 10.1 Å². The van der Waals surface area contributed by atoms with Crippen LogP contribution in [0.15, 0.2) is 47.0 Å². The van der Waals surface area contributed by atoms with Gasteiger partial charge in [-0.15, -0.1) is 0 Å². The summed E-state index contributed by atoms with van der Waals surface area (Å²) in [7, 11) is 0. The van der Waals surface area contributed by atoms with Gasteiger partial charge in [0.2, 0.25) is 0 Å². The molecule has 4 heteroatoms. The highest BCUT2D eigenvalue weighted by Gasteiger charge is 2.14. The molecule has 0 radical (unpaired) electrons. The summed E-state index contributed by atoms with van der Waals surface area (Å²) in [6.45, 7) is 4.00. The molecule has 4 nitrogen and oxygen atoms in total. The number of nitrogens with zero attached hydrogens (tertiary/aromatic N) is 2. The lowest BCUT2D eigenvalue weighted by molar-refractivity contribution is 0.424. The molecule has 3 rings (SSSR count). The molecule has 2 N–H and O–H groups in total. The Morgan fingerprint density at radius 2 is 1.86 bits per heavy atom. The number of aryl methyl sites for hydroxylation is 2. The van der Waals surface area contributed by atoms with Crippen LogP contribution in [-0.4, -0.2) is 10.1 Å². The molecule has 1 heterocycles. The quantitative estimate of drug-likeness (QED) is 0.745. The predicted octanol–water partition coefficient (Wildman–Crippen LogP) is 3.53. The average molecular weight is 279 g/mol. The molecule has 0 aliphatic carbocycles. The minimum absolute atomic E-state index is 0.477. The number of benzene rings is 2. The Bertz CT molecular complexity index is 763. The van der Waals surface area contributed by atoms with E-state index >= 15 is 0 Å². The van der Waals surface area contributed by atoms with Gasteiger partial charge in [-0.25, -0.2) is 0 Å². The molecule has 1 aromatic heterocycles. The Balaban J connectivity index is 1.92. The Kier molecular flexibility index (Phi) is 3.44. The third kappa shape index (κ3) is 2.79. The second kappa shape index (κ2) is 5.40. The number of nitrogen functional groups attached to an aromatic ring is 1. The van der Waals surface area contributed by atoms with Crippen molar-refractivity contribution >= 4 is 5.69 Å². The second-order valence-electron chi connectivity index (χ2n) is 5.22. The lowest BCUT2D eigenvalue weighted by atomic mass is 10.0. The van der Waals surface area contributed by atoms with E-state index in [4.69, 9.17) is 10.3 Å². The smallest absolute Gasteiger partial charge is 0.260 e. The Hall–Kier alpha value is -2.62. The van der Waals surface area contributed by atoms with E-state index in [1.807, 2.05) is 56.3 Å². The minimum Gasteiger partial charge on any atom is -0.398 e. The van der Waals surface area contributed by atoms with E-state index < -0.39 is 0 Å². The highest BCUT2D eigenvalue weighted by molar-refractivity contribution is 5.74. The van der Waals surface area contributed by atoms with Crippen molar-refractivity contribution in [2.75, 3.05) is 5.73 Å². The molecule has 0 atom stereocenters. The number of aromatic nitrogens is 2. The highest BCUT2D eigenvalue weighted by Crippen LogP contribution is 2.28. The summed E-state index contributed by atoms with van der Waals surface area (Å²) in [6, 6.07) is 14.1. The molecule has 0 spiro atoms. The SMILES string of the molecule is Cc1cc(C)c(N)c(-c2nc(Cc3ccccc3)no2)c1. The van der Waals surface area contributed by atoms with Gasteiger partial charge in [0.05, 0.1) is 5.56 Å². The van der Waals surface area contributed by atoms with Crippen LogP contribution in [0.2, 0.25) is 0 Å². The first-order chi connectivity index (χ1) is 10.1. The highest BCUT2D eigenvalue weighted by atomic mass is 16.5. The monoisotopic (exact) mass is 279 g/mol. The number of rotatable bonds is 3. The zero-order valence-electron chi connectivity index (χ0n) is 12.1. The van der Waals surface area contributed by atoms with Crippen LogP contribution in [0.1, 0.15) is 22.5 Å². The topological polar surface area (TPSA) is 64.9 Å². The lowest BCUT2D eigenvalue weighted by Gasteiger charge is -2.06. The minimum atomic E-state index is 0.477. The van der Waals surface area contributed by atoms with Gasteiger partial charge in [0.25, 0.3) is 5.89 Å². The predicted molar refractivity (Wildman–Crippen MR) is 82.9 cm³/mol. The maximum absolute atomic E-state index is 6.12. The van der Waals surface area contributed by atoms with Crippen LogP contribution in [0.4, 0.5) is 5.69 Å². The first kappa shape index (κ1) is 13.4. The van der Waals surface area contributed by atoms with E-state index in [9.17, 15) is 0 Å². The number of hydrogen-bond donors (Lipinski definition) is 1.